The van der Waals surface area contributed by atoms with E-state index in [1.54, 1.807) is 18.3 Å². The standard InChI is InChI=1S/C31H24ClN3O2/c32-28-16-21(17-33)6-14-27(28)31(23-2-1-3-23)30(24-8-4-20(5-9-24)7-15-29(36)37)25-12-10-22(11-13-25)26-18-34-35-19-26/h4-16,18-19,23H,1-3H2,(H,34,35)(H,36,37)/b15-7+,31-30+. The van der Waals surface area contributed by atoms with E-state index in [0.29, 0.717) is 16.5 Å². The number of rotatable bonds is 7. The van der Waals surface area contributed by atoms with Crippen molar-refractivity contribution >= 4 is 34.8 Å². The first kappa shape index (κ1) is 24.3. The molecule has 3 aromatic carbocycles. The van der Waals surface area contributed by atoms with Crippen molar-refractivity contribution in [1.29, 1.82) is 5.26 Å². The molecular formula is C31H24ClN3O2. The second-order valence-corrected chi connectivity index (χ2v) is 9.49. The molecule has 2 N–H and O–H groups in total. The van der Waals surface area contributed by atoms with Gasteiger partial charge in [0.15, 0.2) is 0 Å². The summed E-state index contributed by atoms with van der Waals surface area (Å²) in [5.41, 5.74) is 8.69. The van der Waals surface area contributed by atoms with Gasteiger partial charge in [-0.1, -0.05) is 72.6 Å². The molecule has 0 atom stereocenters. The van der Waals surface area contributed by atoms with E-state index in [-0.39, 0.29) is 0 Å². The first-order valence-electron chi connectivity index (χ1n) is 12.1. The minimum atomic E-state index is -0.981. The zero-order valence-electron chi connectivity index (χ0n) is 20.0. The number of carboxylic acid groups (broad SMARTS) is 1. The summed E-state index contributed by atoms with van der Waals surface area (Å²) in [5.74, 6) is -0.634. The first-order valence-corrected chi connectivity index (χ1v) is 12.5. The monoisotopic (exact) mass is 505 g/mol. The number of H-pyrrole nitrogens is 1. The number of hydrogen-bond donors (Lipinski definition) is 2. The lowest BCUT2D eigenvalue weighted by molar-refractivity contribution is -0.131. The third-order valence-corrected chi connectivity index (χ3v) is 7.11. The number of hydrogen-bond acceptors (Lipinski definition) is 3. The Bertz CT molecular complexity index is 1520. The molecule has 182 valence electrons. The minimum absolute atomic E-state index is 0.348. The highest BCUT2D eigenvalue weighted by atomic mass is 35.5. The summed E-state index contributed by atoms with van der Waals surface area (Å²) in [7, 11) is 0. The Morgan fingerprint density at radius 2 is 1.73 bits per heavy atom. The fourth-order valence-electron chi connectivity index (χ4n) is 4.70. The number of nitrogens with one attached hydrogen (secondary N) is 1. The molecule has 0 saturated heterocycles. The molecule has 4 aromatic rings. The van der Waals surface area contributed by atoms with E-state index in [1.807, 2.05) is 42.6 Å². The van der Waals surface area contributed by atoms with E-state index in [1.165, 1.54) is 5.57 Å². The molecule has 6 heteroatoms. The van der Waals surface area contributed by atoms with E-state index in [4.69, 9.17) is 16.7 Å². The molecule has 0 spiro atoms. The van der Waals surface area contributed by atoms with Gasteiger partial charge < -0.3 is 5.11 Å². The molecule has 1 saturated carbocycles. The second kappa shape index (κ2) is 10.7. The van der Waals surface area contributed by atoms with Gasteiger partial charge in [0.2, 0.25) is 0 Å². The number of aliphatic carboxylic acids is 1. The molecule has 0 radical (unpaired) electrons. The largest absolute Gasteiger partial charge is 0.478 e. The number of aromatic nitrogens is 2. The van der Waals surface area contributed by atoms with Crippen molar-refractivity contribution in [2.24, 2.45) is 5.92 Å². The van der Waals surface area contributed by atoms with Gasteiger partial charge in [-0.3, -0.25) is 5.10 Å². The summed E-state index contributed by atoms with van der Waals surface area (Å²) in [4.78, 5) is 11.0. The van der Waals surface area contributed by atoms with Gasteiger partial charge in [-0.05, 0) is 75.9 Å². The Morgan fingerprint density at radius 1 is 1.03 bits per heavy atom. The molecule has 1 aromatic heterocycles. The summed E-state index contributed by atoms with van der Waals surface area (Å²) >= 11 is 6.78. The summed E-state index contributed by atoms with van der Waals surface area (Å²) < 4.78 is 0. The SMILES string of the molecule is N#Cc1ccc(/C(=C(\c2ccc(/C=C/C(=O)O)cc2)c2ccc(-c3cn[nH]c3)cc2)C2CCC2)c(Cl)c1. The van der Waals surface area contributed by atoms with E-state index in [9.17, 15) is 10.1 Å². The molecule has 5 rings (SSSR count). The first-order chi connectivity index (χ1) is 18.0. The number of nitrogens with zero attached hydrogens (tertiary/aromatic N) is 2. The summed E-state index contributed by atoms with van der Waals surface area (Å²) in [6.45, 7) is 0. The van der Waals surface area contributed by atoms with Gasteiger partial charge in [0.1, 0.15) is 0 Å². The maximum absolute atomic E-state index is 11.0. The number of aromatic amines is 1. The smallest absolute Gasteiger partial charge is 0.328 e. The quantitative estimate of drug-likeness (QED) is 0.201. The molecule has 5 nitrogen and oxygen atoms in total. The second-order valence-electron chi connectivity index (χ2n) is 9.08. The Labute approximate surface area is 220 Å². The summed E-state index contributed by atoms with van der Waals surface area (Å²) in [6, 6.07) is 24.0. The average molecular weight is 506 g/mol. The van der Waals surface area contributed by atoms with Crippen molar-refractivity contribution < 1.29 is 9.90 Å². The van der Waals surface area contributed by atoms with Gasteiger partial charge >= 0.3 is 5.97 Å². The van der Waals surface area contributed by atoms with Crippen LogP contribution in [0.15, 0.2) is 85.2 Å². The number of allylic oxidation sites excluding steroid dienone is 1. The van der Waals surface area contributed by atoms with Crippen LogP contribution in [0.1, 0.15) is 47.1 Å². The molecule has 1 aliphatic rings. The number of nitriles is 1. The van der Waals surface area contributed by atoms with Crippen molar-refractivity contribution in [3.63, 3.8) is 0 Å². The highest BCUT2D eigenvalue weighted by Gasteiger charge is 2.28. The number of halogens is 1. The Balaban J connectivity index is 1.70. The van der Waals surface area contributed by atoms with E-state index in [2.05, 4.69) is 40.5 Å². The number of carbonyl (C=O) groups is 1. The van der Waals surface area contributed by atoms with Crippen LogP contribution in [0, 0.1) is 17.2 Å². The van der Waals surface area contributed by atoms with Gasteiger partial charge in [-0.2, -0.15) is 10.4 Å². The fraction of sp³-hybridized carbons (Fsp3) is 0.129. The molecule has 37 heavy (non-hydrogen) atoms. The molecule has 1 fully saturated rings. The fourth-order valence-corrected chi connectivity index (χ4v) is 4.99. The van der Waals surface area contributed by atoms with E-state index < -0.39 is 5.97 Å². The van der Waals surface area contributed by atoms with Gasteiger partial charge in [0.25, 0.3) is 0 Å². The Kier molecular flexibility index (Phi) is 7.02. The topological polar surface area (TPSA) is 89.8 Å². The zero-order valence-corrected chi connectivity index (χ0v) is 20.7. The van der Waals surface area contributed by atoms with Crippen molar-refractivity contribution in [2.45, 2.75) is 19.3 Å². The normalized spacial score (nSPS) is 14.2. The van der Waals surface area contributed by atoms with E-state index >= 15 is 0 Å². The lowest BCUT2D eigenvalue weighted by Gasteiger charge is -2.32. The van der Waals surface area contributed by atoms with Gasteiger partial charge in [-0.25, -0.2) is 4.79 Å². The van der Waals surface area contributed by atoms with Crippen molar-refractivity contribution in [2.75, 3.05) is 0 Å². The van der Waals surface area contributed by atoms with Crippen LogP contribution in [-0.4, -0.2) is 21.3 Å². The summed E-state index contributed by atoms with van der Waals surface area (Å²) in [6.07, 6.45) is 9.68. The number of carboxylic acids is 1. The maximum atomic E-state index is 11.0. The zero-order chi connectivity index (χ0) is 25.8. The van der Waals surface area contributed by atoms with Crippen LogP contribution in [0.3, 0.4) is 0 Å². The van der Waals surface area contributed by atoms with Gasteiger partial charge in [-0.15, -0.1) is 0 Å². The molecule has 1 heterocycles. The molecule has 0 bridgehead atoms. The lowest BCUT2D eigenvalue weighted by Crippen LogP contribution is -2.15. The van der Waals surface area contributed by atoms with Crippen LogP contribution in [0.25, 0.3) is 28.3 Å². The molecular weight excluding hydrogens is 482 g/mol. The summed E-state index contributed by atoms with van der Waals surface area (Å²) in [5, 5.41) is 25.8. The Morgan fingerprint density at radius 3 is 2.27 bits per heavy atom. The predicted octanol–water partition coefficient (Wildman–Crippen LogP) is 7.46. The highest BCUT2D eigenvalue weighted by molar-refractivity contribution is 6.33. The minimum Gasteiger partial charge on any atom is -0.478 e. The van der Waals surface area contributed by atoms with Crippen molar-refractivity contribution in [1.82, 2.24) is 10.2 Å². The van der Waals surface area contributed by atoms with Gasteiger partial charge in [0.05, 0.1) is 17.8 Å². The van der Waals surface area contributed by atoms with Crippen LogP contribution in [0.5, 0.6) is 0 Å². The van der Waals surface area contributed by atoms with Crippen LogP contribution in [-0.2, 0) is 4.79 Å². The highest BCUT2D eigenvalue weighted by Crippen LogP contribution is 2.47. The third kappa shape index (κ3) is 5.25. The number of benzene rings is 3. The van der Waals surface area contributed by atoms with Crippen LogP contribution >= 0.6 is 11.6 Å². The lowest BCUT2D eigenvalue weighted by atomic mass is 9.73. The van der Waals surface area contributed by atoms with E-state index in [0.717, 1.165) is 64.3 Å². The molecule has 0 amide bonds. The van der Waals surface area contributed by atoms with Crippen molar-refractivity contribution in [3.05, 3.63) is 118 Å². The molecule has 0 unspecified atom stereocenters. The average Bonchev–Trinajstić information content (AvgIpc) is 3.42. The van der Waals surface area contributed by atoms with Crippen LogP contribution in [0.4, 0.5) is 0 Å². The maximum Gasteiger partial charge on any atom is 0.328 e. The van der Waals surface area contributed by atoms with Gasteiger partial charge in [0, 0.05) is 22.9 Å². The molecule has 1 aliphatic carbocycles. The van der Waals surface area contributed by atoms with Crippen LogP contribution < -0.4 is 0 Å². The van der Waals surface area contributed by atoms with Crippen molar-refractivity contribution in [3.8, 4) is 17.2 Å². The predicted molar refractivity (Wildman–Crippen MR) is 147 cm³/mol. The van der Waals surface area contributed by atoms with Crippen LogP contribution in [0.2, 0.25) is 5.02 Å². The third-order valence-electron chi connectivity index (χ3n) is 6.79. The Hall–Kier alpha value is -4.40. The molecule has 0 aliphatic heterocycles.